The number of hydrogen-bond donors (Lipinski definition) is 0. The summed E-state index contributed by atoms with van der Waals surface area (Å²) < 4.78 is 0. The van der Waals surface area contributed by atoms with Crippen molar-refractivity contribution in [3.05, 3.63) is 174 Å². The second-order valence-corrected chi connectivity index (χ2v) is 14.8. The number of hydrogen-bond acceptors (Lipinski definition) is 4. The van der Waals surface area contributed by atoms with Crippen LogP contribution in [0.4, 0.5) is 0 Å². The SMILES string of the molecule is O=C1c2c(ccc3c2ccc2ccccc23)CC(c2ccc(C(=O)N3CCN(C(=O)C4CC4)CC3)cc2)C1c1ccccc1.c1ccc2ncccc2c1. The van der Waals surface area contributed by atoms with Gasteiger partial charge in [0.2, 0.25) is 5.91 Å². The number of pyridine rings is 1. The van der Waals surface area contributed by atoms with Crippen LogP contribution < -0.4 is 0 Å². The molecule has 2 amide bonds. The van der Waals surface area contributed by atoms with E-state index < -0.39 is 0 Å². The number of ketones is 1. The Morgan fingerprint density at radius 2 is 1.24 bits per heavy atom. The van der Waals surface area contributed by atoms with Crippen molar-refractivity contribution in [2.45, 2.75) is 31.1 Å². The van der Waals surface area contributed by atoms with E-state index in [1.165, 1.54) is 10.8 Å². The van der Waals surface area contributed by atoms with Crippen molar-refractivity contribution >= 4 is 50.0 Å². The van der Waals surface area contributed by atoms with Crippen molar-refractivity contribution in [2.75, 3.05) is 26.2 Å². The fourth-order valence-electron chi connectivity index (χ4n) is 8.43. The zero-order chi connectivity index (χ0) is 36.6. The standard InChI is InChI=1S/C39H34N2O3.C9H7N/c42-37-35(27-7-2-1-3-8-27)34(24-30-17-18-32-31-9-5-4-6-25(31)16-19-33(32)36(30)37)26-10-12-28(13-11-26)38(43)40-20-22-41(23-21-40)39(44)29-14-15-29;1-2-6-9-8(4-1)5-3-7-10-9/h1-13,16-19,29,34-35H,14-15,20-24H2;1-7H. The van der Waals surface area contributed by atoms with Gasteiger partial charge in [-0.05, 0) is 81.8 Å². The Morgan fingerprint density at radius 3 is 2.00 bits per heavy atom. The van der Waals surface area contributed by atoms with Crippen molar-refractivity contribution in [2.24, 2.45) is 5.92 Å². The van der Waals surface area contributed by atoms with Gasteiger partial charge in [0.1, 0.15) is 0 Å². The average Bonchev–Trinajstić information content (AvgIpc) is 4.10. The second kappa shape index (κ2) is 14.4. The van der Waals surface area contributed by atoms with Gasteiger partial charge in [-0.1, -0.05) is 115 Å². The Balaban J connectivity index is 0.000000332. The maximum atomic E-state index is 14.6. The Morgan fingerprint density at radius 1 is 0.574 bits per heavy atom. The Hall–Kier alpha value is -6.14. The average molecular weight is 708 g/mol. The molecule has 10 rings (SSSR count). The largest absolute Gasteiger partial charge is 0.339 e. The first-order valence-electron chi connectivity index (χ1n) is 19.0. The summed E-state index contributed by atoms with van der Waals surface area (Å²) in [5, 5.41) is 5.66. The van der Waals surface area contributed by atoms with E-state index in [0.717, 1.165) is 63.2 Å². The molecule has 1 saturated carbocycles. The predicted octanol–water partition coefficient (Wildman–Crippen LogP) is 9.23. The lowest BCUT2D eigenvalue weighted by atomic mass is 9.68. The number of para-hydroxylation sites is 1. The summed E-state index contributed by atoms with van der Waals surface area (Å²) in [6.07, 6.45) is 4.55. The molecule has 0 bridgehead atoms. The first-order chi connectivity index (χ1) is 26.5. The number of benzene rings is 6. The molecule has 1 aromatic heterocycles. The molecule has 0 N–H and O–H groups in total. The summed E-state index contributed by atoms with van der Waals surface area (Å²) in [4.78, 5) is 48.4. The Labute approximate surface area is 315 Å². The molecular formula is C48H41N3O3. The van der Waals surface area contributed by atoms with Crippen LogP contribution in [0.2, 0.25) is 0 Å². The van der Waals surface area contributed by atoms with Gasteiger partial charge in [-0.15, -0.1) is 0 Å². The molecule has 2 fully saturated rings. The number of piperazine rings is 1. The third kappa shape index (κ3) is 6.42. The van der Waals surface area contributed by atoms with E-state index in [1.54, 1.807) is 0 Å². The molecule has 1 saturated heterocycles. The molecule has 0 spiro atoms. The topological polar surface area (TPSA) is 70.6 Å². The summed E-state index contributed by atoms with van der Waals surface area (Å²) in [7, 11) is 0. The number of fused-ring (bicyclic) bond motifs is 6. The lowest BCUT2D eigenvalue weighted by Crippen LogP contribution is -2.51. The first kappa shape index (κ1) is 33.7. The minimum absolute atomic E-state index is 0.00144. The fourth-order valence-corrected chi connectivity index (χ4v) is 8.43. The molecule has 2 unspecified atom stereocenters. The molecule has 2 heterocycles. The minimum Gasteiger partial charge on any atom is -0.339 e. The maximum absolute atomic E-state index is 14.6. The molecule has 2 aliphatic carbocycles. The molecule has 1 aliphatic heterocycles. The van der Waals surface area contributed by atoms with Gasteiger partial charge in [-0.2, -0.15) is 0 Å². The van der Waals surface area contributed by atoms with Crippen molar-refractivity contribution in [3.8, 4) is 0 Å². The number of aromatic nitrogens is 1. The van der Waals surface area contributed by atoms with Crippen molar-refractivity contribution < 1.29 is 14.4 Å². The van der Waals surface area contributed by atoms with Crippen LogP contribution in [-0.4, -0.2) is 58.6 Å². The van der Waals surface area contributed by atoms with Crippen LogP contribution in [0.25, 0.3) is 32.4 Å². The van der Waals surface area contributed by atoms with E-state index in [2.05, 4.69) is 71.7 Å². The van der Waals surface area contributed by atoms with E-state index in [4.69, 9.17) is 0 Å². The van der Waals surface area contributed by atoms with Gasteiger partial charge < -0.3 is 9.80 Å². The lowest BCUT2D eigenvalue weighted by molar-refractivity contribution is -0.134. The molecule has 2 atom stereocenters. The molecule has 3 aliphatic rings. The van der Waals surface area contributed by atoms with Crippen molar-refractivity contribution in [1.82, 2.24) is 14.8 Å². The van der Waals surface area contributed by atoms with Crippen LogP contribution in [-0.2, 0) is 11.2 Å². The highest BCUT2D eigenvalue weighted by Gasteiger charge is 2.39. The van der Waals surface area contributed by atoms with Gasteiger partial charge in [0.15, 0.2) is 5.78 Å². The highest BCUT2D eigenvalue weighted by molar-refractivity contribution is 6.18. The zero-order valence-corrected chi connectivity index (χ0v) is 30.1. The smallest absolute Gasteiger partial charge is 0.253 e. The van der Waals surface area contributed by atoms with Crippen LogP contribution in [0, 0.1) is 5.92 Å². The predicted molar refractivity (Wildman–Crippen MR) is 215 cm³/mol. The monoisotopic (exact) mass is 707 g/mol. The number of rotatable bonds is 4. The second-order valence-electron chi connectivity index (χ2n) is 14.8. The number of amides is 2. The van der Waals surface area contributed by atoms with Crippen LogP contribution in [0.3, 0.4) is 0 Å². The first-order valence-corrected chi connectivity index (χ1v) is 19.0. The normalized spacial score (nSPS) is 18.3. The quantitative estimate of drug-likeness (QED) is 0.171. The van der Waals surface area contributed by atoms with E-state index in [-0.39, 0.29) is 35.4 Å². The minimum atomic E-state index is -0.320. The molecule has 6 heteroatoms. The third-order valence-corrected chi connectivity index (χ3v) is 11.4. The van der Waals surface area contributed by atoms with Gasteiger partial charge in [0.25, 0.3) is 5.91 Å². The van der Waals surface area contributed by atoms with Crippen molar-refractivity contribution in [3.63, 3.8) is 0 Å². The molecule has 6 aromatic carbocycles. The number of Topliss-reactive ketones (excluding diaryl/α,β-unsaturated/α-hetero) is 1. The van der Waals surface area contributed by atoms with Gasteiger partial charge in [-0.3, -0.25) is 19.4 Å². The lowest BCUT2D eigenvalue weighted by Gasteiger charge is -2.35. The molecule has 266 valence electrons. The number of carbonyl (C=O) groups excluding carboxylic acids is 3. The Kier molecular flexibility index (Phi) is 8.95. The van der Waals surface area contributed by atoms with E-state index >= 15 is 0 Å². The molecule has 6 nitrogen and oxygen atoms in total. The number of carbonyl (C=O) groups is 3. The van der Waals surface area contributed by atoms with Gasteiger partial charge in [0.05, 0.1) is 11.4 Å². The third-order valence-electron chi connectivity index (χ3n) is 11.4. The summed E-state index contributed by atoms with van der Waals surface area (Å²) in [5.41, 5.74) is 5.70. The van der Waals surface area contributed by atoms with Crippen LogP contribution in [0.1, 0.15) is 62.1 Å². The molecular weight excluding hydrogens is 667 g/mol. The fraction of sp³-hybridized carbons (Fsp3) is 0.208. The zero-order valence-electron chi connectivity index (χ0n) is 30.1. The highest BCUT2D eigenvalue weighted by Crippen LogP contribution is 2.45. The van der Waals surface area contributed by atoms with E-state index in [1.807, 2.05) is 88.8 Å². The molecule has 54 heavy (non-hydrogen) atoms. The van der Waals surface area contributed by atoms with Crippen LogP contribution in [0.15, 0.2) is 146 Å². The van der Waals surface area contributed by atoms with E-state index in [0.29, 0.717) is 31.7 Å². The van der Waals surface area contributed by atoms with Crippen LogP contribution in [0.5, 0.6) is 0 Å². The van der Waals surface area contributed by atoms with Crippen LogP contribution >= 0.6 is 0 Å². The summed E-state index contributed by atoms with van der Waals surface area (Å²) in [5.74, 6) is 0.248. The highest BCUT2D eigenvalue weighted by atomic mass is 16.2. The maximum Gasteiger partial charge on any atom is 0.253 e. The van der Waals surface area contributed by atoms with E-state index in [9.17, 15) is 14.4 Å². The van der Waals surface area contributed by atoms with Gasteiger partial charge in [-0.25, -0.2) is 0 Å². The van der Waals surface area contributed by atoms with Gasteiger partial charge >= 0.3 is 0 Å². The summed E-state index contributed by atoms with van der Waals surface area (Å²) in [6.45, 7) is 2.33. The number of nitrogens with zero attached hydrogens (tertiary/aromatic N) is 3. The summed E-state index contributed by atoms with van der Waals surface area (Å²) in [6, 6.07) is 47.0. The summed E-state index contributed by atoms with van der Waals surface area (Å²) >= 11 is 0. The Bertz CT molecular complexity index is 2450. The molecule has 7 aromatic rings. The van der Waals surface area contributed by atoms with Crippen molar-refractivity contribution in [1.29, 1.82) is 0 Å². The van der Waals surface area contributed by atoms with Gasteiger partial charge in [0, 0.05) is 60.7 Å². The molecule has 0 radical (unpaired) electrons.